The van der Waals surface area contributed by atoms with Crippen LogP contribution in [0.1, 0.15) is 21.7 Å². The molecule has 3 rings (SSSR count). The highest BCUT2D eigenvalue weighted by molar-refractivity contribution is 5.95. The Labute approximate surface area is 129 Å². The fourth-order valence-corrected chi connectivity index (χ4v) is 2.17. The zero-order chi connectivity index (χ0) is 16.4. The Kier molecular flexibility index (Phi) is 3.82. The van der Waals surface area contributed by atoms with E-state index in [2.05, 4.69) is 5.32 Å². The highest BCUT2D eigenvalue weighted by Gasteiger charge is 2.29. The number of amides is 1. The van der Waals surface area contributed by atoms with Gasteiger partial charge >= 0.3 is 6.18 Å². The van der Waals surface area contributed by atoms with Gasteiger partial charge in [-0.2, -0.15) is 13.2 Å². The van der Waals surface area contributed by atoms with Crippen LogP contribution in [0.3, 0.4) is 0 Å². The molecule has 0 unspecified atom stereocenters. The minimum Gasteiger partial charge on any atom is -0.451 e. The number of nitrogens with one attached hydrogen (secondary N) is 1. The van der Waals surface area contributed by atoms with Gasteiger partial charge in [0.25, 0.3) is 5.91 Å². The number of alkyl halides is 3. The molecule has 1 aromatic heterocycles. The largest absolute Gasteiger partial charge is 0.451 e. The van der Waals surface area contributed by atoms with Crippen LogP contribution < -0.4 is 5.32 Å². The number of para-hydroxylation sites is 1. The van der Waals surface area contributed by atoms with Crippen LogP contribution in [0.2, 0.25) is 0 Å². The van der Waals surface area contributed by atoms with Crippen LogP contribution in [0.5, 0.6) is 0 Å². The fraction of sp³-hybridized carbons (Fsp3) is 0.118. The van der Waals surface area contributed by atoms with Crippen molar-refractivity contribution in [2.75, 3.05) is 0 Å². The van der Waals surface area contributed by atoms with Gasteiger partial charge in [-0.1, -0.05) is 30.3 Å². The van der Waals surface area contributed by atoms with E-state index >= 15 is 0 Å². The summed E-state index contributed by atoms with van der Waals surface area (Å²) in [5.41, 5.74) is 0.458. The molecule has 0 aliphatic rings. The second-order valence-electron chi connectivity index (χ2n) is 5.03. The third kappa shape index (κ3) is 3.36. The molecule has 6 heteroatoms. The molecule has 0 spiro atoms. The fourth-order valence-electron chi connectivity index (χ4n) is 2.17. The van der Waals surface area contributed by atoms with Gasteiger partial charge in [-0.15, -0.1) is 0 Å². The molecule has 0 fully saturated rings. The molecule has 0 saturated carbocycles. The van der Waals surface area contributed by atoms with E-state index < -0.39 is 17.6 Å². The molecule has 1 N–H and O–H groups in total. The molecule has 1 amide bonds. The molecule has 0 saturated heterocycles. The molecule has 2 aromatic carbocycles. The van der Waals surface area contributed by atoms with Crippen LogP contribution in [0.25, 0.3) is 11.0 Å². The number of furan rings is 1. The van der Waals surface area contributed by atoms with E-state index in [0.717, 1.165) is 17.5 Å². The maximum Gasteiger partial charge on any atom is 0.416 e. The summed E-state index contributed by atoms with van der Waals surface area (Å²) in [7, 11) is 0. The zero-order valence-electron chi connectivity index (χ0n) is 11.9. The smallest absolute Gasteiger partial charge is 0.416 e. The first-order valence-electron chi connectivity index (χ1n) is 6.86. The SMILES string of the molecule is O=C(NCc1ccc(C(F)(F)F)cc1)c1cc2ccccc2o1. The minimum atomic E-state index is -4.37. The van der Waals surface area contributed by atoms with Crippen molar-refractivity contribution in [3.8, 4) is 0 Å². The maximum absolute atomic E-state index is 12.5. The highest BCUT2D eigenvalue weighted by atomic mass is 19.4. The van der Waals surface area contributed by atoms with Crippen LogP contribution in [0.15, 0.2) is 59.0 Å². The summed E-state index contributed by atoms with van der Waals surface area (Å²) in [4.78, 5) is 12.0. The predicted octanol–water partition coefficient (Wildman–Crippen LogP) is 4.38. The monoisotopic (exact) mass is 319 g/mol. The number of fused-ring (bicyclic) bond motifs is 1. The average Bonchev–Trinajstić information content (AvgIpc) is 2.96. The summed E-state index contributed by atoms with van der Waals surface area (Å²) in [6, 6.07) is 13.5. The first kappa shape index (κ1) is 15.1. The quantitative estimate of drug-likeness (QED) is 0.778. The van der Waals surface area contributed by atoms with E-state index in [4.69, 9.17) is 4.42 Å². The van der Waals surface area contributed by atoms with E-state index in [1.807, 2.05) is 12.1 Å². The summed E-state index contributed by atoms with van der Waals surface area (Å²) in [6.45, 7) is 0.119. The third-order valence-electron chi connectivity index (χ3n) is 3.38. The Morgan fingerprint density at radius 2 is 1.74 bits per heavy atom. The second-order valence-corrected chi connectivity index (χ2v) is 5.03. The molecule has 3 aromatic rings. The average molecular weight is 319 g/mol. The van der Waals surface area contributed by atoms with Crippen molar-refractivity contribution in [1.82, 2.24) is 5.32 Å². The van der Waals surface area contributed by atoms with Crippen LogP contribution in [-0.2, 0) is 12.7 Å². The van der Waals surface area contributed by atoms with E-state index in [-0.39, 0.29) is 12.3 Å². The van der Waals surface area contributed by atoms with Gasteiger partial charge in [-0.3, -0.25) is 4.79 Å². The van der Waals surface area contributed by atoms with Gasteiger partial charge in [0.1, 0.15) is 5.58 Å². The molecule has 0 aliphatic carbocycles. The van der Waals surface area contributed by atoms with Gasteiger partial charge in [0.2, 0.25) is 0 Å². The topological polar surface area (TPSA) is 42.2 Å². The lowest BCUT2D eigenvalue weighted by molar-refractivity contribution is -0.137. The first-order valence-corrected chi connectivity index (χ1v) is 6.86. The normalized spacial score (nSPS) is 11.6. The lowest BCUT2D eigenvalue weighted by Crippen LogP contribution is -2.22. The zero-order valence-corrected chi connectivity index (χ0v) is 11.9. The van der Waals surface area contributed by atoms with Gasteiger partial charge in [0.05, 0.1) is 5.56 Å². The Hall–Kier alpha value is -2.76. The molecule has 0 bridgehead atoms. The molecule has 3 nitrogen and oxygen atoms in total. The minimum absolute atomic E-state index is 0.119. The van der Waals surface area contributed by atoms with Crippen molar-refractivity contribution in [3.63, 3.8) is 0 Å². The van der Waals surface area contributed by atoms with Crippen LogP contribution >= 0.6 is 0 Å². The van der Waals surface area contributed by atoms with E-state index in [1.165, 1.54) is 12.1 Å². The summed E-state index contributed by atoms with van der Waals surface area (Å²) >= 11 is 0. The molecular formula is C17H12F3NO2. The molecule has 23 heavy (non-hydrogen) atoms. The number of carbonyl (C=O) groups is 1. The first-order chi connectivity index (χ1) is 10.9. The van der Waals surface area contributed by atoms with E-state index in [9.17, 15) is 18.0 Å². The molecule has 1 heterocycles. The summed E-state index contributed by atoms with van der Waals surface area (Å²) in [5, 5.41) is 3.43. The summed E-state index contributed by atoms with van der Waals surface area (Å²) < 4.78 is 42.8. The molecule has 0 aliphatic heterocycles. The molecule has 0 radical (unpaired) electrons. The lowest BCUT2D eigenvalue weighted by atomic mass is 10.1. The van der Waals surface area contributed by atoms with Crippen LogP contribution in [0, 0.1) is 0 Å². The molecular weight excluding hydrogens is 307 g/mol. The predicted molar refractivity (Wildman–Crippen MR) is 78.8 cm³/mol. The Bertz CT molecular complexity index is 802. The number of hydrogen-bond donors (Lipinski definition) is 1. The third-order valence-corrected chi connectivity index (χ3v) is 3.38. The van der Waals surface area contributed by atoms with Crippen molar-refractivity contribution in [2.45, 2.75) is 12.7 Å². The summed E-state index contributed by atoms with van der Waals surface area (Å²) in [5.74, 6) is -0.251. The Balaban J connectivity index is 1.66. The van der Waals surface area contributed by atoms with Gasteiger partial charge in [0.15, 0.2) is 5.76 Å². The highest BCUT2D eigenvalue weighted by Crippen LogP contribution is 2.29. The van der Waals surface area contributed by atoms with Crippen molar-refractivity contribution in [3.05, 3.63) is 71.5 Å². The Morgan fingerprint density at radius 1 is 1.04 bits per heavy atom. The number of carbonyl (C=O) groups excluding carboxylic acids is 1. The van der Waals surface area contributed by atoms with Gasteiger partial charge < -0.3 is 9.73 Å². The number of hydrogen-bond acceptors (Lipinski definition) is 2. The van der Waals surface area contributed by atoms with Gasteiger partial charge in [0, 0.05) is 11.9 Å². The number of rotatable bonds is 3. The number of benzene rings is 2. The van der Waals surface area contributed by atoms with Crippen LogP contribution in [0.4, 0.5) is 13.2 Å². The van der Waals surface area contributed by atoms with Gasteiger partial charge in [-0.05, 0) is 29.8 Å². The van der Waals surface area contributed by atoms with Crippen molar-refractivity contribution < 1.29 is 22.4 Å². The standard InChI is InChI=1S/C17H12F3NO2/c18-17(19,20)13-7-5-11(6-8-13)10-21-16(22)15-9-12-3-1-2-4-14(12)23-15/h1-9H,10H2,(H,21,22). The molecule has 0 atom stereocenters. The van der Waals surface area contributed by atoms with Gasteiger partial charge in [-0.25, -0.2) is 0 Å². The lowest BCUT2D eigenvalue weighted by Gasteiger charge is -2.08. The van der Waals surface area contributed by atoms with E-state index in [1.54, 1.807) is 18.2 Å². The van der Waals surface area contributed by atoms with Crippen LogP contribution in [-0.4, -0.2) is 5.91 Å². The van der Waals surface area contributed by atoms with Crippen molar-refractivity contribution >= 4 is 16.9 Å². The Morgan fingerprint density at radius 3 is 2.39 bits per heavy atom. The summed E-state index contributed by atoms with van der Waals surface area (Å²) in [6.07, 6.45) is -4.37. The maximum atomic E-state index is 12.5. The second kappa shape index (κ2) is 5.79. The number of halogens is 3. The van der Waals surface area contributed by atoms with Crippen molar-refractivity contribution in [1.29, 1.82) is 0 Å². The van der Waals surface area contributed by atoms with Crippen molar-refractivity contribution in [2.24, 2.45) is 0 Å². The van der Waals surface area contributed by atoms with E-state index in [0.29, 0.717) is 11.1 Å². The molecule has 118 valence electrons.